The lowest BCUT2D eigenvalue weighted by Crippen LogP contribution is -2.25. The molecule has 2 N–H and O–H groups in total. The van der Waals surface area contributed by atoms with E-state index in [0.29, 0.717) is 12.8 Å². The van der Waals surface area contributed by atoms with Crippen LogP contribution in [-0.2, 0) is 17.8 Å². The summed E-state index contributed by atoms with van der Waals surface area (Å²) in [6, 6.07) is 1.97. The van der Waals surface area contributed by atoms with Gasteiger partial charge in [-0.2, -0.15) is 0 Å². The van der Waals surface area contributed by atoms with Gasteiger partial charge in [0.15, 0.2) is 0 Å². The molecule has 1 atom stereocenters. The predicted octanol–water partition coefficient (Wildman–Crippen LogP) is 1.83. The summed E-state index contributed by atoms with van der Waals surface area (Å²) in [7, 11) is 0. The van der Waals surface area contributed by atoms with Gasteiger partial charge < -0.3 is 14.7 Å². The summed E-state index contributed by atoms with van der Waals surface area (Å²) in [4.78, 5) is 18.7. The number of nitrogens with one attached hydrogen (secondary N) is 1. The molecule has 0 amide bonds. The Morgan fingerprint density at radius 2 is 2.44 bits per heavy atom. The number of aromatic nitrogens is 3. The molecule has 0 aliphatic carbocycles. The lowest BCUT2D eigenvalue weighted by Gasteiger charge is -2.22. The van der Waals surface area contributed by atoms with E-state index in [4.69, 9.17) is 5.11 Å². The number of fused-ring (bicyclic) bond motifs is 1. The second-order valence-corrected chi connectivity index (χ2v) is 4.73. The summed E-state index contributed by atoms with van der Waals surface area (Å²) in [6.07, 6.45) is 5.00. The van der Waals surface area contributed by atoms with Crippen molar-refractivity contribution in [1.82, 2.24) is 14.5 Å². The van der Waals surface area contributed by atoms with Crippen molar-refractivity contribution in [3.05, 3.63) is 30.0 Å². The number of hydrogen-bond acceptors (Lipinski definition) is 2. The lowest BCUT2D eigenvalue weighted by molar-refractivity contribution is -0.142. The summed E-state index contributed by atoms with van der Waals surface area (Å²) in [6.45, 7) is 2.72. The van der Waals surface area contributed by atoms with Crippen LogP contribution in [0.25, 0.3) is 11.3 Å². The highest BCUT2D eigenvalue weighted by atomic mass is 16.4. The first-order valence-electron chi connectivity index (χ1n) is 6.09. The van der Waals surface area contributed by atoms with Gasteiger partial charge in [0.1, 0.15) is 5.82 Å². The van der Waals surface area contributed by atoms with Crippen LogP contribution in [0.3, 0.4) is 0 Å². The van der Waals surface area contributed by atoms with Crippen LogP contribution in [0.1, 0.15) is 17.9 Å². The summed E-state index contributed by atoms with van der Waals surface area (Å²) in [5, 5.41) is 9.16. The maximum Gasteiger partial charge on any atom is 0.306 e. The summed E-state index contributed by atoms with van der Waals surface area (Å²) in [5.74, 6) is -0.0311. The normalized spacial score (nSPS) is 18.6. The van der Waals surface area contributed by atoms with Gasteiger partial charge in [-0.25, -0.2) is 4.98 Å². The number of aromatic amines is 1. The zero-order valence-electron chi connectivity index (χ0n) is 10.2. The highest BCUT2D eigenvalue weighted by Gasteiger charge is 2.28. The van der Waals surface area contributed by atoms with Crippen molar-refractivity contribution in [1.29, 1.82) is 0 Å². The zero-order chi connectivity index (χ0) is 12.7. The molecular weight excluding hydrogens is 230 g/mol. The Bertz CT molecular complexity index is 584. The van der Waals surface area contributed by atoms with Crippen molar-refractivity contribution in [3.63, 3.8) is 0 Å². The fraction of sp³-hybridized carbons (Fsp3) is 0.385. The minimum Gasteiger partial charge on any atom is -0.481 e. The van der Waals surface area contributed by atoms with E-state index in [1.165, 1.54) is 0 Å². The number of H-pyrrole nitrogens is 1. The molecule has 3 rings (SSSR count). The average molecular weight is 245 g/mol. The van der Waals surface area contributed by atoms with Gasteiger partial charge in [0.05, 0.1) is 11.6 Å². The lowest BCUT2D eigenvalue weighted by atomic mass is 9.94. The van der Waals surface area contributed by atoms with Crippen LogP contribution in [0.5, 0.6) is 0 Å². The Labute approximate surface area is 104 Å². The molecule has 0 bridgehead atoms. The van der Waals surface area contributed by atoms with Gasteiger partial charge in [0, 0.05) is 36.6 Å². The number of carboxylic acid groups (broad SMARTS) is 1. The number of nitrogens with zero attached hydrogens (tertiary/aromatic N) is 2. The van der Waals surface area contributed by atoms with Gasteiger partial charge in [0.2, 0.25) is 0 Å². The molecule has 1 aliphatic heterocycles. The number of imidazole rings is 1. The molecule has 0 saturated heterocycles. The molecule has 3 heterocycles. The van der Waals surface area contributed by atoms with Crippen molar-refractivity contribution in [2.75, 3.05) is 0 Å². The van der Waals surface area contributed by atoms with E-state index in [-0.39, 0.29) is 5.92 Å². The van der Waals surface area contributed by atoms with Crippen LogP contribution in [0, 0.1) is 12.8 Å². The molecule has 94 valence electrons. The van der Waals surface area contributed by atoms with Gasteiger partial charge in [-0.1, -0.05) is 0 Å². The van der Waals surface area contributed by atoms with E-state index >= 15 is 0 Å². The number of aryl methyl sites for hydroxylation is 1. The fourth-order valence-electron chi connectivity index (χ4n) is 2.65. The molecule has 2 aromatic heterocycles. The van der Waals surface area contributed by atoms with Gasteiger partial charge >= 0.3 is 5.97 Å². The smallest absolute Gasteiger partial charge is 0.306 e. The molecule has 0 radical (unpaired) electrons. The third-order valence-corrected chi connectivity index (χ3v) is 3.62. The summed E-state index contributed by atoms with van der Waals surface area (Å²) < 4.78 is 2.14. The van der Waals surface area contributed by atoms with Crippen molar-refractivity contribution in [3.8, 4) is 11.3 Å². The quantitative estimate of drug-likeness (QED) is 0.848. The van der Waals surface area contributed by atoms with Crippen LogP contribution < -0.4 is 0 Å². The van der Waals surface area contributed by atoms with Crippen molar-refractivity contribution >= 4 is 5.97 Å². The Kier molecular flexibility index (Phi) is 2.47. The Morgan fingerprint density at radius 1 is 1.61 bits per heavy atom. The monoisotopic (exact) mass is 245 g/mol. The molecule has 5 heteroatoms. The van der Waals surface area contributed by atoms with E-state index in [2.05, 4.69) is 14.5 Å². The fourth-order valence-corrected chi connectivity index (χ4v) is 2.65. The first kappa shape index (κ1) is 11.1. The van der Waals surface area contributed by atoms with E-state index in [1.807, 2.05) is 25.4 Å². The molecule has 1 aliphatic rings. The maximum atomic E-state index is 11.1. The molecule has 5 nitrogen and oxygen atoms in total. The van der Waals surface area contributed by atoms with Gasteiger partial charge in [-0.15, -0.1) is 0 Å². The van der Waals surface area contributed by atoms with Crippen molar-refractivity contribution < 1.29 is 9.90 Å². The highest BCUT2D eigenvalue weighted by Crippen LogP contribution is 2.30. The maximum absolute atomic E-state index is 11.1. The third-order valence-electron chi connectivity index (χ3n) is 3.62. The van der Waals surface area contributed by atoms with Gasteiger partial charge in [-0.05, 0) is 19.4 Å². The largest absolute Gasteiger partial charge is 0.481 e. The SMILES string of the molecule is Cc1nc(-c2cc[nH]c2)c2n1CCC(C(=O)O)C2. The molecule has 0 saturated carbocycles. The second-order valence-electron chi connectivity index (χ2n) is 4.73. The first-order chi connectivity index (χ1) is 8.66. The molecule has 0 spiro atoms. The standard InChI is InChI=1S/C13H15N3O2/c1-8-15-12(10-2-4-14-7-10)11-6-9(13(17)18)3-5-16(8)11/h2,4,7,9,14H,3,5-6H2,1H3,(H,17,18). The number of carbonyl (C=O) groups is 1. The molecular formula is C13H15N3O2. The van der Waals surface area contributed by atoms with Crippen molar-refractivity contribution in [2.45, 2.75) is 26.3 Å². The van der Waals surface area contributed by atoms with E-state index in [1.54, 1.807) is 0 Å². The molecule has 0 fully saturated rings. The summed E-state index contributed by atoms with van der Waals surface area (Å²) >= 11 is 0. The Balaban J connectivity index is 2.06. The number of hydrogen-bond donors (Lipinski definition) is 2. The number of carboxylic acids is 1. The van der Waals surface area contributed by atoms with E-state index in [0.717, 1.165) is 29.3 Å². The Hall–Kier alpha value is -2.04. The van der Waals surface area contributed by atoms with Gasteiger partial charge in [-0.3, -0.25) is 4.79 Å². The highest BCUT2D eigenvalue weighted by molar-refractivity contribution is 5.71. The first-order valence-corrected chi connectivity index (χ1v) is 6.09. The van der Waals surface area contributed by atoms with E-state index in [9.17, 15) is 4.79 Å². The second kappa shape index (κ2) is 4.01. The third kappa shape index (κ3) is 1.63. The molecule has 18 heavy (non-hydrogen) atoms. The molecule has 2 aromatic rings. The van der Waals surface area contributed by atoms with Crippen LogP contribution in [-0.4, -0.2) is 25.6 Å². The van der Waals surface area contributed by atoms with Crippen LogP contribution >= 0.6 is 0 Å². The number of rotatable bonds is 2. The predicted molar refractivity (Wildman–Crippen MR) is 66.2 cm³/mol. The zero-order valence-corrected chi connectivity index (χ0v) is 10.2. The van der Waals surface area contributed by atoms with Crippen LogP contribution in [0.15, 0.2) is 18.5 Å². The Morgan fingerprint density at radius 3 is 3.11 bits per heavy atom. The van der Waals surface area contributed by atoms with Crippen LogP contribution in [0.4, 0.5) is 0 Å². The number of aliphatic carboxylic acids is 1. The van der Waals surface area contributed by atoms with Crippen LogP contribution in [0.2, 0.25) is 0 Å². The van der Waals surface area contributed by atoms with Gasteiger partial charge in [0.25, 0.3) is 0 Å². The average Bonchev–Trinajstić information content (AvgIpc) is 2.97. The van der Waals surface area contributed by atoms with E-state index < -0.39 is 5.97 Å². The minimum atomic E-state index is -0.708. The molecule has 1 unspecified atom stereocenters. The molecule has 0 aromatic carbocycles. The van der Waals surface area contributed by atoms with Crippen molar-refractivity contribution in [2.24, 2.45) is 5.92 Å². The topological polar surface area (TPSA) is 70.9 Å². The summed E-state index contributed by atoms with van der Waals surface area (Å²) in [5.41, 5.74) is 2.99. The minimum absolute atomic E-state index is 0.286.